The minimum Gasteiger partial charge on any atom is -0.384 e. The number of anilines is 1. The lowest BCUT2D eigenvalue weighted by atomic mass is 9.66. The first kappa shape index (κ1) is 12.1. The van der Waals surface area contributed by atoms with E-state index in [9.17, 15) is 0 Å². The van der Waals surface area contributed by atoms with Crippen molar-refractivity contribution in [3.8, 4) is 0 Å². The first-order chi connectivity index (χ1) is 7.77. The molecule has 3 heteroatoms. The molecule has 0 spiro atoms. The van der Waals surface area contributed by atoms with E-state index in [1.54, 1.807) is 12.3 Å². The fourth-order valence-corrected chi connectivity index (χ4v) is 3.06. The molecule has 0 atom stereocenters. The fraction of sp³-hybridized carbons (Fsp3) is 0.571. The third-order valence-electron chi connectivity index (χ3n) is 3.13. The zero-order chi connectivity index (χ0) is 12.7. The number of nitrogens with two attached hydrogens (primary N) is 1. The molecule has 2 N–H and O–H groups in total. The highest BCUT2D eigenvalue weighted by molar-refractivity contribution is 5.63. The van der Waals surface area contributed by atoms with Gasteiger partial charge in [0.05, 0.1) is 0 Å². The summed E-state index contributed by atoms with van der Waals surface area (Å²) in [5.41, 5.74) is 7.44. The van der Waals surface area contributed by atoms with E-state index in [1.807, 2.05) is 0 Å². The number of nitrogen functional groups attached to an aromatic ring is 1. The standard InChI is InChI=1S/C14H21N3/c1-13(2)7-10(8-14(3,4)9-13)12-16-6-5-11(15)17-12/h5-7H,8-9H2,1-4H3,(H2,15,16,17). The Morgan fingerprint density at radius 1 is 1.24 bits per heavy atom. The number of allylic oxidation sites excluding steroid dienone is 2. The van der Waals surface area contributed by atoms with Crippen molar-refractivity contribution in [3.63, 3.8) is 0 Å². The van der Waals surface area contributed by atoms with Gasteiger partial charge in [0, 0.05) is 6.20 Å². The highest BCUT2D eigenvalue weighted by Gasteiger charge is 2.34. The summed E-state index contributed by atoms with van der Waals surface area (Å²) in [5.74, 6) is 1.32. The van der Waals surface area contributed by atoms with Gasteiger partial charge in [-0.3, -0.25) is 0 Å². The van der Waals surface area contributed by atoms with Gasteiger partial charge in [0.1, 0.15) is 5.82 Å². The maximum Gasteiger partial charge on any atom is 0.157 e. The SMILES string of the molecule is CC1(C)C=C(c2nccc(N)n2)CC(C)(C)C1. The summed E-state index contributed by atoms with van der Waals surface area (Å²) in [6.07, 6.45) is 6.23. The number of rotatable bonds is 1. The van der Waals surface area contributed by atoms with Crippen molar-refractivity contribution in [1.82, 2.24) is 9.97 Å². The van der Waals surface area contributed by atoms with Crippen molar-refractivity contribution in [2.24, 2.45) is 10.8 Å². The summed E-state index contributed by atoms with van der Waals surface area (Å²) in [5, 5.41) is 0. The van der Waals surface area contributed by atoms with Crippen molar-refractivity contribution in [2.75, 3.05) is 5.73 Å². The predicted molar refractivity (Wildman–Crippen MR) is 71.2 cm³/mol. The third kappa shape index (κ3) is 2.84. The van der Waals surface area contributed by atoms with Gasteiger partial charge >= 0.3 is 0 Å². The molecule has 1 aromatic rings. The molecule has 0 unspecified atom stereocenters. The highest BCUT2D eigenvalue weighted by atomic mass is 14.9. The Hall–Kier alpha value is -1.38. The van der Waals surface area contributed by atoms with Gasteiger partial charge in [-0.2, -0.15) is 0 Å². The first-order valence-corrected chi connectivity index (χ1v) is 6.08. The van der Waals surface area contributed by atoms with Gasteiger partial charge < -0.3 is 5.73 Å². The van der Waals surface area contributed by atoms with Crippen LogP contribution < -0.4 is 5.73 Å². The molecular weight excluding hydrogens is 210 g/mol. The largest absolute Gasteiger partial charge is 0.384 e. The molecule has 0 saturated carbocycles. The van der Waals surface area contributed by atoms with Crippen molar-refractivity contribution in [1.29, 1.82) is 0 Å². The fourth-order valence-electron chi connectivity index (χ4n) is 3.06. The van der Waals surface area contributed by atoms with E-state index in [4.69, 9.17) is 5.73 Å². The van der Waals surface area contributed by atoms with E-state index in [1.165, 1.54) is 12.0 Å². The van der Waals surface area contributed by atoms with Crippen LogP contribution in [0, 0.1) is 10.8 Å². The Kier molecular flexibility index (Phi) is 2.72. The van der Waals surface area contributed by atoms with Gasteiger partial charge in [0.15, 0.2) is 5.82 Å². The molecule has 0 bridgehead atoms. The predicted octanol–water partition coefficient (Wildman–Crippen LogP) is 3.29. The van der Waals surface area contributed by atoms with Crippen LogP contribution in [0.25, 0.3) is 5.57 Å². The minimum absolute atomic E-state index is 0.199. The van der Waals surface area contributed by atoms with Crippen molar-refractivity contribution >= 4 is 11.4 Å². The van der Waals surface area contributed by atoms with Gasteiger partial charge in [0.25, 0.3) is 0 Å². The number of aromatic nitrogens is 2. The van der Waals surface area contributed by atoms with Crippen LogP contribution in [0.15, 0.2) is 18.3 Å². The Morgan fingerprint density at radius 3 is 2.53 bits per heavy atom. The zero-order valence-electron chi connectivity index (χ0n) is 11.1. The molecule has 1 aromatic heterocycles. The molecule has 3 nitrogen and oxygen atoms in total. The van der Waals surface area contributed by atoms with Crippen LogP contribution in [-0.4, -0.2) is 9.97 Å². The van der Waals surface area contributed by atoms with E-state index in [0.717, 1.165) is 12.2 Å². The molecule has 17 heavy (non-hydrogen) atoms. The van der Waals surface area contributed by atoms with E-state index in [-0.39, 0.29) is 5.41 Å². The van der Waals surface area contributed by atoms with Gasteiger partial charge in [-0.15, -0.1) is 0 Å². The van der Waals surface area contributed by atoms with Crippen LogP contribution in [0.5, 0.6) is 0 Å². The molecule has 0 radical (unpaired) electrons. The molecule has 1 aliphatic rings. The first-order valence-electron chi connectivity index (χ1n) is 6.08. The highest BCUT2D eigenvalue weighted by Crippen LogP contribution is 2.46. The average molecular weight is 231 g/mol. The molecule has 1 heterocycles. The Morgan fingerprint density at radius 2 is 1.94 bits per heavy atom. The molecule has 0 aliphatic heterocycles. The maximum atomic E-state index is 5.72. The monoisotopic (exact) mass is 231 g/mol. The summed E-state index contributed by atoms with van der Waals surface area (Å²) in [4.78, 5) is 8.66. The molecule has 1 aliphatic carbocycles. The second-order valence-corrected chi connectivity index (χ2v) is 6.48. The molecule has 0 fully saturated rings. The number of nitrogens with zero attached hydrogens (tertiary/aromatic N) is 2. The lowest BCUT2D eigenvalue weighted by Crippen LogP contribution is -2.27. The van der Waals surface area contributed by atoms with Crippen LogP contribution in [0.4, 0.5) is 5.82 Å². The summed E-state index contributed by atoms with van der Waals surface area (Å²) >= 11 is 0. The molecule has 92 valence electrons. The van der Waals surface area contributed by atoms with E-state index in [0.29, 0.717) is 11.2 Å². The third-order valence-corrected chi connectivity index (χ3v) is 3.13. The maximum absolute atomic E-state index is 5.72. The quantitative estimate of drug-likeness (QED) is 0.807. The van der Waals surface area contributed by atoms with Gasteiger partial charge in [-0.25, -0.2) is 9.97 Å². The summed E-state index contributed by atoms with van der Waals surface area (Å²) in [7, 11) is 0. The lowest BCUT2D eigenvalue weighted by molar-refractivity contribution is 0.228. The summed E-state index contributed by atoms with van der Waals surface area (Å²) in [6.45, 7) is 9.13. The summed E-state index contributed by atoms with van der Waals surface area (Å²) in [6, 6.07) is 1.73. The van der Waals surface area contributed by atoms with Crippen molar-refractivity contribution in [3.05, 3.63) is 24.2 Å². The van der Waals surface area contributed by atoms with E-state index in [2.05, 4.69) is 43.7 Å². The number of hydrogen-bond donors (Lipinski definition) is 1. The van der Waals surface area contributed by atoms with Gasteiger partial charge in [0.2, 0.25) is 0 Å². The molecule has 0 aromatic carbocycles. The van der Waals surface area contributed by atoms with Crippen LogP contribution in [-0.2, 0) is 0 Å². The summed E-state index contributed by atoms with van der Waals surface area (Å²) < 4.78 is 0. The molecular formula is C14H21N3. The van der Waals surface area contributed by atoms with E-state index < -0.39 is 0 Å². The van der Waals surface area contributed by atoms with Crippen LogP contribution in [0.2, 0.25) is 0 Å². The second kappa shape index (κ2) is 3.83. The molecule has 2 rings (SSSR count). The van der Waals surface area contributed by atoms with Gasteiger partial charge in [-0.1, -0.05) is 33.8 Å². The van der Waals surface area contributed by atoms with Gasteiger partial charge in [-0.05, 0) is 35.3 Å². The molecule has 0 amide bonds. The van der Waals surface area contributed by atoms with Crippen molar-refractivity contribution < 1.29 is 0 Å². The minimum atomic E-state index is 0.199. The Labute approximate surface area is 103 Å². The Balaban J connectivity index is 2.41. The normalized spacial score (nSPS) is 22.0. The molecule has 0 saturated heterocycles. The van der Waals surface area contributed by atoms with E-state index >= 15 is 0 Å². The van der Waals surface area contributed by atoms with Crippen molar-refractivity contribution in [2.45, 2.75) is 40.5 Å². The zero-order valence-corrected chi connectivity index (χ0v) is 11.1. The Bertz CT molecular complexity index is 458. The average Bonchev–Trinajstić information content (AvgIpc) is 2.12. The van der Waals surface area contributed by atoms with Crippen LogP contribution in [0.1, 0.15) is 46.4 Å². The number of hydrogen-bond acceptors (Lipinski definition) is 3. The van der Waals surface area contributed by atoms with Crippen LogP contribution >= 0.6 is 0 Å². The van der Waals surface area contributed by atoms with Crippen LogP contribution in [0.3, 0.4) is 0 Å². The topological polar surface area (TPSA) is 51.8 Å². The second-order valence-electron chi connectivity index (χ2n) is 6.48. The lowest BCUT2D eigenvalue weighted by Gasteiger charge is -2.39. The smallest absolute Gasteiger partial charge is 0.157 e.